The first-order valence-corrected chi connectivity index (χ1v) is 11.9. The number of carbonyl (C=O) groups is 1. The number of nitrogens with one attached hydrogen (secondary N) is 1. The molecule has 1 N–H and O–H groups in total. The molecule has 0 heterocycles. The van der Waals surface area contributed by atoms with Gasteiger partial charge in [-0.2, -0.15) is 0 Å². The molecule has 1 atom stereocenters. The van der Waals surface area contributed by atoms with E-state index in [2.05, 4.69) is 5.32 Å². The lowest BCUT2D eigenvalue weighted by molar-refractivity contribution is -0.122. The molecule has 0 bridgehead atoms. The Morgan fingerprint density at radius 3 is 2.23 bits per heavy atom. The molecule has 2 aromatic rings. The average Bonchev–Trinajstić information content (AvgIpc) is 2.66. The maximum absolute atomic E-state index is 12.9. The molecular weight excluding hydrogens is 400 g/mol. The minimum absolute atomic E-state index is 0.285. The summed E-state index contributed by atoms with van der Waals surface area (Å²) in [5, 5.41) is 2.82. The van der Waals surface area contributed by atoms with E-state index in [1.54, 1.807) is 13.0 Å². The van der Waals surface area contributed by atoms with Crippen molar-refractivity contribution in [3.8, 4) is 5.75 Å². The molecule has 0 unspecified atom stereocenters. The van der Waals surface area contributed by atoms with Crippen LogP contribution in [0.2, 0.25) is 0 Å². The van der Waals surface area contributed by atoms with Crippen molar-refractivity contribution in [1.29, 1.82) is 0 Å². The highest BCUT2D eigenvalue weighted by atomic mass is 32.2. The number of ether oxygens (including phenoxy) is 1. The van der Waals surface area contributed by atoms with Crippen LogP contribution >= 0.6 is 0 Å². The Hall–Kier alpha value is -2.54. The molecule has 0 aromatic heterocycles. The summed E-state index contributed by atoms with van der Waals surface area (Å²) in [6, 6.07) is 10.7. The van der Waals surface area contributed by atoms with Crippen LogP contribution in [-0.4, -0.2) is 39.8 Å². The van der Waals surface area contributed by atoms with Crippen LogP contribution in [0.3, 0.4) is 0 Å². The summed E-state index contributed by atoms with van der Waals surface area (Å²) in [7, 11) is -3.66. The zero-order chi connectivity index (χ0) is 22.5. The molecule has 0 fully saturated rings. The number of nitrogens with zero attached hydrogens (tertiary/aromatic N) is 1. The van der Waals surface area contributed by atoms with E-state index in [1.807, 2.05) is 58.0 Å². The first kappa shape index (κ1) is 23.7. The van der Waals surface area contributed by atoms with E-state index in [1.165, 1.54) is 4.31 Å². The molecule has 0 saturated heterocycles. The van der Waals surface area contributed by atoms with Gasteiger partial charge in [-0.25, -0.2) is 8.42 Å². The van der Waals surface area contributed by atoms with Gasteiger partial charge in [-0.05, 0) is 68.5 Å². The van der Waals surface area contributed by atoms with Gasteiger partial charge in [0.1, 0.15) is 18.4 Å². The Morgan fingerprint density at radius 1 is 1.03 bits per heavy atom. The molecule has 2 rings (SSSR count). The van der Waals surface area contributed by atoms with Gasteiger partial charge in [0.05, 0.1) is 18.5 Å². The van der Waals surface area contributed by atoms with Gasteiger partial charge in [-0.1, -0.05) is 31.2 Å². The molecule has 30 heavy (non-hydrogen) atoms. The monoisotopic (exact) mass is 432 g/mol. The third kappa shape index (κ3) is 5.98. The van der Waals surface area contributed by atoms with E-state index in [9.17, 15) is 13.2 Å². The minimum Gasteiger partial charge on any atom is -0.491 e. The number of hydrogen-bond donors (Lipinski definition) is 1. The third-order valence-corrected chi connectivity index (χ3v) is 6.10. The van der Waals surface area contributed by atoms with Crippen LogP contribution in [-0.2, 0) is 14.8 Å². The summed E-state index contributed by atoms with van der Waals surface area (Å²) in [6.45, 7) is 10.1. The van der Waals surface area contributed by atoms with Crippen LogP contribution in [0.5, 0.6) is 5.75 Å². The minimum atomic E-state index is -3.66. The molecule has 6 nitrogen and oxygen atoms in total. The number of carbonyl (C=O) groups excluding carboxylic acids is 1. The molecule has 164 valence electrons. The van der Waals surface area contributed by atoms with Crippen molar-refractivity contribution in [3.05, 3.63) is 58.7 Å². The smallest absolute Gasteiger partial charge is 0.244 e. The number of sulfonamides is 1. The molecular formula is C23H32N2O4S. The number of benzene rings is 2. The van der Waals surface area contributed by atoms with E-state index in [-0.39, 0.29) is 12.5 Å². The third-order valence-electron chi connectivity index (χ3n) is 4.93. The van der Waals surface area contributed by atoms with Crippen molar-refractivity contribution in [2.75, 3.05) is 23.7 Å². The topological polar surface area (TPSA) is 75.7 Å². The predicted octanol–water partition coefficient (Wildman–Crippen LogP) is 3.66. The van der Waals surface area contributed by atoms with Crippen molar-refractivity contribution < 1.29 is 17.9 Å². The second kappa shape index (κ2) is 9.98. The van der Waals surface area contributed by atoms with Crippen LogP contribution in [0.15, 0.2) is 36.4 Å². The summed E-state index contributed by atoms with van der Waals surface area (Å²) in [5.41, 5.74) is 4.39. The molecule has 0 saturated carbocycles. The normalized spacial score (nSPS) is 12.3. The molecule has 0 aliphatic heterocycles. The molecule has 1 amide bonds. The van der Waals surface area contributed by atoms with E-state index in [0.29, 0.717) is 18.7 Å². The lowest BCUT2D eigenvalue weighted by Crippen LogP contribution is -2.50. The van der Waals surface area contributed by atoms with E-state index < -0.39 is 16.1 Å². The van der Waals surface area contributed by atoms with Crippen molar-refractivity contribution in [1.82, 2.24) is 5.32 Å². The SMILES string of the molecule is CC[C@H](C(=O)NCCOc1cc(C)ccc1C)N(c1cc(C)ccc1C)S(C)(=O)=O. The Bertz CT molecular complexity index is 1000. The first-order chi connectivity index (χ1) is 14.0. The fourth-order valence-corrected chi connectivity index (χ4v) is 4.57. The Morgan fingerprint density at radius 2 is 1.63 bits per heavy atom. The highest BCUT2D eigenvalue weighted by molar-refractivity contribution is 7.92. The molecule has 7 heteroatoms. The van der Waals surface area contributed by atoms with Gasteiger partial charge < -0.3 is 10.1 Å². The highest BCUT2D eigenvalue weighted by Gasteiger charge is 2.32. The zero-order valence-electron chi connectivity index (χ0n) is 18.7. The fraction of sp³-hybridized carbons (Fsp3) is 0.435. The first-order valence-electron chi connectivity index (χ1n) is 10.1. The summed E-state index contributed by atoms with van der Waals surface area (Å²) in [4.78, 5) is 12.9. The number of hydrogen-bond acceptors (Lipinski definition) is 4. The van der Waals surface area contributed by atoms with Gasteiger partial charge in [-0.3, -0.25) is 9.10 Å². The zero-order valence-corrected chi connectivity index (χ0v) is 19.5. The molecule has 0 aliphatic rings. The van der Waals surface area contributed by atoms with Gasteiger partial charge in [0.15, 0.2) is 0 Å². The summed E-state index contributed by atoms with van der Waals surface area (Å²) in [6.07, 6.45) is 1.48. The lowest BCUT2D eigenvalue weighted by atomic mass is 10.1. The van der Waals surface area contributed by atoms with Gasteiger partial charge in [0.2, 0.25) is 15.9 Å². The van der Waals surface area contributed by atoms with Gasteiger partial charge >= 0.3 is 0 Å². The average molecular weight is 433 g/mol. The van der Waals surface area contributed by atoms with Crippen LogP contribution in [0.25, 0.3) is 0 Å². The Labute approximate surface area is 180 Å². The van der Waals surface area contributed by atoms with Crippen molar-refractivity contribution in [2.24, 2.45) is 0 Å². The maximum Gasteiger partial charge on any atom is 0.244 e. The predicted molar refractivity (Wildman–Crippen MR) is 122 cm³/mol. The van der Waals surface area contributed by atoms with E-state index in [4.69, 9.17) is 4.74 Å². The van der Waals surface area contributed by atoms with Crippen LogP contribution < -0.4 is 14.4 Å². The standard InChI is InChI=1S/C23H32N2O4S/c1-7-20(25(30(6,27)28)21-14-16(2)8-10-18(21)4)23(26)24-12-13-29-22-15-17(3)9-11-19(22)5/h8-11,14-15,20H,7,12-13H2,1-6H3,(H,24,26)/t20-/m1/s1. The van der Waals surface area contributed by atoms with Crippen LogP contribution in [0.4, 0.5) is 5.69 Å². The summed E-state index contributed by atoms with van der Waals surface area (Å²) < 4.78 is 32.2. The van der Waals surface area contributed by atoms with Gasteiger partial charge in [0.25, 0.3) is 0 Å². The Kier molecular flexibility index (Phi) is 7.89. The second-order valence-electron chi connectivity index (χ2n) is 7.68. The highest BCUT2D eigenvalue weighted by Crippen LogP contribution is 2.27. The lowest BCUT2D eigenvalue weighted by Gasteiger charge is -2.31. The molecule has 0 aliphatic carbocycles. The number of rotatable bonds is 9. The fourth-order valence-electron chi connectivity index (χ4n) is 3.31. The van der Waals surface area contributed by atoms with Crippen LogP contribution in [0.1, 0.15) is 35.6 Å². The number of aryl methyl sites for hydroxylation is 4. The quantitative estimate of drug-likeness (QED) is 0.614. The van der Waals surface area contributed by atoms with Crippen molar-refractivity contribution in [2.45, 2.75) is 47.1 Å². The van der Waals surface area contributed by atoms with Gasteiger partial charge in [-0.15, -0.1) is 0 Å². The van der Waals surface area contributed by atoms with Crippen molar-refractivity contribution >= 4 is 21.6 Å². The summed E-state index contributed by atoms with van der Waals surface area (Å²) >= 11 is 0. The number of amides is 1. The molecule has 2 aromatic carbocycles. The van der Waals surface area contributed by atoms with E-state index in [0.717, 1.165) is 34.3 Å². The maximum atomic E-state index is 12.9. The Balaban J connectivity index is 2.12. The number of anilines is 1. The van der Waals surface area contributed by atoms with Crippen LogP contribution in [0, 0.1) is 27.7 Å². The summed E-state index contributed by atoms with van der Waals surface area (Å²) in [5.74, 6) is 0.442. The molecule has 0 radical (unpaired) electrons. The largest absolute Gasteiger partial charge is 0.491 e. The van der Waals surface area contributed by atoms with Gasteiger partial charge in [0, 0.05) is 0 Å². The molecule has 0 spiro atoms. The van der Waals surface area contributed by atoms with Crippen molar-refractivity contribution in [3.63, 3.8) is 0 Å². The van der Waals surface area contributed by atoms with E-state index >= 15 is 0 Å². The second-order valence-corrected chi connectivity index (χ2v) is 9.54.